The topological polar surface area (TPSA) is 81.7 Å². The van der Waals surface area contributed by atoms with E-state index >= 15 is 0 Å². The molecule has 0 bridgehead atoms. The van der Waals surface area contributed by atoms with Gasteiger partial charge < -0.3 is 14.8 Å². The van der Waals surface area contributed by atoms with Gasteiger partial charge in [-0.25, -0.2) is 4.39 Å². The average molecular weight is 464 g/mol. The summed E-state index contributed by atoms with van der Waals surface area (Å²) in [4.78, 5) is 35.9. The van der Waals surface area contributed by atoms with Crippen molar-refractivity contribution in [2.75, 3.05) is 11.9 Å². The number of Topliss-reactive ketones (excluding diaryl/α,β-unsaturated/α-hetero) is 1. The molecule has 0 atom stereocenters. The molecule has 0 saturated carbocycles. The number of amides is 1. The van der Waals surface area contributed by atoms with Crippen molar-refractivity contribution in [1.82, 2.24) is 0 Å². The van der Waals surface area contributed by atoms with Gasteiger partial charge in [0.1, 0.15) is 17.3 Å². The average Bonchev–Trinajstić information content (AvgIpc) is 2.81. The van der Waals surface area contributed by atoms with E-state index in [2.05, 4.69) is 5.32 Å². The van der Waals surface area contributed by atoms with E-state index in [1.807, 2.05) is 32.0 Å². The molecule has 0 aromatic heterocycles. The van der Waals surface area contributed by atoms with E-state index in [9.17, 15) is 18.8 Å². The molecule has 1 N–H and O–H groups in total. The van der Waals surface area contributed by atoms with Crippen molar-refractivity contribution >= 4 is 23.3 Å². The van der Waals surface area contributed by atoms with E-state index in [1.165, 1.54) is 24.3 Å². The number of benzene rings is 3. The van der Waals surface area contributed by atoms with Gasteiger partial charge in [0, 0.05) is 24.1 Å². The normalized spacial score (nSPS) is 10.4. The third-order valence-electron chi connectivity index (χ3n) is 5.08. The van der Waals surface area contributed by atoms with Crippen molar-refractivity contribution in [3.8, 4) is 11.5 Å². The van der Waals surface area contributed by atoms with E-state index in [0.717, 1.165) is 16.9 Å². The van der Waals surface area contributed by atoms with Gasteiger partial charge in [-0.1, -0.05) is 18.2 Å². The molecule has 176 valence electrons. The van der Waals surface area contributed by atoms with E-state index in [-0.39, 0.29) is 30.7 Å². The van der Waals surface area contributed by atoms with Crippen LogP contribution in [-0.2, 0) is 14.3 Å². The van der Waals surface area contributed by atoms with Crippen LogP contribution in [0.4, 0.5) is 10.1 Å². The molecule has 3 aromatic rings. The van der Waals surface area contributed by atoms with E-state index in [1.54, 1.807) is 24.3 Å². The Hall–Kier alpha value is -4.00. The van der Waals surface area contributed by atoms with Crippen LogP contribution >= 0.6 is 0 Å². The molecular weight excluding hydrogens is 437 g/mol. The van der Waals surface area contributed by atoms with Crippen LogP contribution in [0.15, 0.2) is 66.7 Å². The number of hydrogen-bond acceptors (Lipinski definition) is 5. The minimum Gasteiger partial charge on any atom is -0.457 e. The highest BCUT2D eigenvalue weighted by molar-refractivity contribution is 5.98. The molecule has 0 aliphatic heterocycles. The largest absolute Gasteiger partial charge is 0.457 e. The highest BCUT2D eigenvalue weighted by Crippen LogP contribution is 2.29. The van der Waals surface area contributed by atoms with Gasteiger partial charge in [-0.05, 0) is 79.9 Å². The maximum Gasteiger partial charge on any atom is 0.306 e. The zero-order chi connectivity index (χ0) is 24.5. The van der Waals surface area contributed by atoms with Crippen LogP contribution in [0.2, 0.25) is 0 Å². The van der Waals surface area contributed by atoms with Crippen LogP contribution in [0.3, 0.4) is 0 Å². The van der Waals surface area contributed by atoms with Crippen molar-refractivity contribution < 1.29 is 28.2 Å². The molecule has 0 radical (unpaired) electrons. The lowest BCUT2D eigenvalue weighted by molar-refractivity contribution is -0.142. The molecule has 3 rings (SSSR count). The van der Waals surface area contributed by atoms with Gasteiger partial charge in [0.15, 0.2) is 12.4 Å². The lowest BCUT2D eigenvalue weighted by atomic mass is 10.1. The number of aryl methyl sites for hydroxylation is 2. The lowest BCUT2D eigenvalue weighted by Crippen LogP contribution is -2.15. The fourth-order valence-electron chi connectivity index (χ4n) is 3.24. The number of carbonyl (C=O) groups excluding carboxylic acids is 3. The number of anilines is 1. The molecule has 3 aromatic carbocycles. The van der Waals surface area contributed by atoms with Crippen molar-refractivity contribution in [2.24, 2.45) is 0 Å². The summed E-state index contributed by atoms with van der Waals surface area (Å²) in [5.74, 6) is -0.210. The molecule has 0 fully saturated rings. The van der Waals surface area contributed by atoms with Crippen LogP contribution in [-0.4, -0.2) is 24.3 Å². The third-order valence-corrected chi connectivity index (χ3v) is 5.08. The molecule has 6 nitrogen and oxygen atoms in total. The Morgan fingerprint density at radius 3 is 2.15 bits per heavy atom. The summed E-state index contributed by atoms with van der Waals surface area (Å²) < 4.78 is 23.8. The highest BCUT2D eigenvalue weighted by atomic mass is 19.1. The summed E-state index contributed by atoms with van der Waals surface area (Å²) in [6.07, 6.45) is 0.414. The number of esters is 1. The first-order valence-electron chi connectivity index (χ1n) is 10.9. The predicted octanol–water partition coefficient (Wildman–Crippen LogP) is 5.77. The fraction of sp³-hybridized carbons (Fsp3) is 0.222. The quantitative estimate of drug-likeness (QED) is 0.305. The Morgan fingerprint density at radius 2 is 1.50 bits per heavy atom. The Bertz CT molecular complexity index is 1140. The Kier molecular flexibility index (Phi) is 8.51. The summed E-state index contributed by atoms with van der Waals surface area (Å²) in [6.45, 7) is 3.54. The Morgan fingerprint density at radius 1 is 0.853 bits per heavy atom. The zero-order valence-corrected chi connectivity index (χ0v) is 19.1. The number of ketones is 1. The molecule has 7 heteroatoms. The summed E-state index contributed by atoms with van der Waals surface area (Å²) in [6, 6.07) is 18.0. The highest BCUT2D eigenvalue weighted by Gasteiger charge is 2.11. The summed E-state index contributed by atoms with van der Waals surface area (Å²) >= 11 is 0. The van der Waals surface area contributed by atoms with Gasteiger partial charge in [-0.3, -0.25) is 14.4 Å². The lowest BCUT2D eigenvalue weighted by Gasteiger charge is -2.12. The summed E-state index contributed by atoms with van der Waals surface area (Å²) in [7, 11) is 0. The number of hydrogen-bond donors (Lipinski definition) is 1. The maximum atomic E-state index is 12.9. The molecule has 0 saturated heterocycles. The Labute approximate surface area is 197 Å². The number of halogens is 1. The summed E-state index contributed by atoms with van der Waals surface area (Å²) in [5, 5.41) is 2.77. The smallest absolute Gasteiger partial charge is 0.306 e. The predicted molar refractivity (Wildman–Crippen MR) is 127 cm³/mol. The molecule has 0 aliphatic rings. The molecule has 0 unspecified atom stereocenters. The first-order chi connectivity index (χ1) is 16.3. The molecule has 1 amide bonds. The second-order valence-corrected chi connectivity index (χ2v) is 7.84. The summed E-state index contributed by atoms with van der Waals surface area (Å²) in [5.41, 5.74) is 2.96. The van der Waals surface area contributed by atoms with Gasteiger partial charge in [0.2, 0.25) is 5.91 Å². The van der Waals surface area contributed by atoms with Crippen LogP contribution in [0.5, 0.6) is 11.5 Å². The molecule has 0 spiro atoms. The monoisotopic (exact) mass is 463 g/mol. The molecule has 34 heavy (non-hydrogen) atoms. The van der Waals surface area contributed by atoms with Crippen molar-refractivity contribution in [3.63, 3.8) is 0 Å². The SMILES string of the molecule is Cc1cccc(C)c1Oc1ccc(NC(=O)CCCC(=O)OCC(=O)c2ccc(F)cc2)cc1. The van der Waals surface area contributed by atoms with Crippen LogP contribution in [0.25, 0.3) is 0 Å². The Balaban J connectivity index is 1.38. The minimum absolute atomic E-state index is 0.00662. The van der Waals surface area contributed by atoms with Crippen molar-refractivity contribution in [2.45, 2.75) is 33.1 Å². The second kappa shape index (κ2) is 11.7. The van der Waals surface area contributed by atoms with E-state index in [0.29, 0.717) is 11.4 Å². The fourth-order valence-corrected chi connectivity index (χ4v) is 3.24. The zero-order valence-electron chi connectivity index (χ0n) is 19.1. The first-order valence-corrected chi connectivity index (χ1v) is 10.9. The van der Waals surface area contributed by atoms with Gasteiger partial charge in [0.05, 0.1) is 0 Å². The van der Waals surface area contributed by atoms with Crippen molar-refractivity contribution in [1.29, 1.82) is 0 Å². The maximum absolute atomic E-state index is 12.9. The van der Waals surface area contributed by atoms with Crippen molar-refractivity contribution in [3.05, 3.63) is 89.2 Å². The van der Waals surface area contributed by atoms with Crippen LogP contribution < -0.4 is 10.1 Å². The standard InChI is InChI=1S/C27H26FNO5/c1-18-5-3-6-19(2)27(18)34-23-15-13-22(14-16-23)29-25(31)7-4-8-26(32)33-17-24(30)20-9-11-21(28)12-10-20/h3,5-6,9-16H,4,7-8,17H2,1-2H3,(H,29,31). The molecular formula is C27H26FNO5. The van der Waals surface area contributed by atoms with Gasteiger partial charge in [-0.15, -0.1) is 0 Å². The number of rotatable bonds is 10. The third kappa shape index (κ3) is 7.27. The second-order valence-electron chi connectivity index (χ2n) is 7.84. The first kappa shape index (κ1) is 24.6. The minimum atomic E-state index is -0.573. The van der Waals surface area contributed by atoms with Gasteiger partial charge >= 0.3 is 5.97 Å². The number of nitrogens with one attached hydrogen (secondary N) is 1. The number of para-hydroxylation sites is 1. The van der Waals surface area contributed by atoms with Gasteiger partial charge in [0.25, 0.3) is 0 Å². The van der Waals surface area contributed by atoms with E-state index in [4.69, 9.17) is 9.47 Å². The molecule has 0 heterocycles. The van der Waals surface area contributed by atoms with E-state index < -0.39 is 24.2 Å². The number of ether oxygens (including phenoxy) is 2. The van der Waals surface area contributed by atoms with Crippen LogP contribution in [0.1, 0.15) is 40.7 Å². The van der Waals surface area contributed by atoms with Crippen LogP contribution in [0, 0.1) is 19.7 Å². The number of carbonyl (C=O) groups is 3. The molecule has 0 aliphatic carbocycles. The van der Waals surface area contributed by atoms with Gasteiger partial charge in [-0.2, -0.15) is 0 Å².